The molecule has 1 amide bonds. The number of pyridine rings is 1. The molecule has 0 bridgehead atoms. The van der Waals surface area contributed by atoms with Crippen molar-refractivity contribution >= 4 is 11.6 Å². The number of amides is 1. The first kappa shape index (κ1) is 14.5. The van der Waals surface area contributed by atoms with Gasteiger partial charge in [0.1, 0.15) is 5.69 Å². The lowest BCUT2D eigenvalue weighted by atomic mass is 10.1. The molecule has 0 radical (unpaired) electrons. The van der Waals surface area contributed by atoms with Gasteiger partial charge in [-0.15, -0.1) is 0 Å². The molecule has 100 valence electrons. The number of carbonyl (C=O) groups is 1. The Kier molecular flexibility index (Phi) is 5.62. The molecule has 1 aromatic heterocycles. The highest BCUT2D eigenvalue weighted by atomic mass is 16.2. The molecule has 1 heterocycles. The average molecular weight is 249 g/mol. The minimum atomic E-state index is -0.0674. The van der Waals surface area contributed by atoms with Crippen LogP contribution in [0.2, 0.25) is 0 Å². The molecule has 1 atom stereocenters. The molecule has 0 aromatic carbocycles. The molecule has 0 aliphatic rings. The number of hydrogen-bond acceptors (Lipinski definition) is 3. The Morgan fingerprint density at radius 2 is 2.17 bits per heavy atom. The van der Waals surface area contributed by atoms with Crippen molar-refractivity contribution in [2.24, 2.45) is 0 Å². The van der Waals surface area contributed by atoms with Crippen molar-refractivity contribution in [3.8, 4) is 0 Å². The van der Waals surface area contributed by atoms with Crippen LogP contribution in [0.15, 0.2) is 18.3 Å². The zero-order chi connectivity index (χ0) is 13.5. The normalized spacial score (nSPS) is 12.0. The number of nitrogens with zero attached hydrogens (tertiary/aromatic N) is 2. The van der Waals surface area contributed by atoms with Gasteiger partial charge in [0.2, 0.25) is 0 Å². The molecule has 1 unspecified atom stereocenters. The van der Waals surface area contributed by atoms with E-state index in [1.165, 1.54) is 4.90 Å². The molecule has 0 aliphatic heterocycles. The minimum absolute atomic E-state index is 0.0674. The van der Waals surface area contributed by atoms with E-state index in [1.807, 2.05) is 12.1 Å². The zero-order valence-corrected chi connectivity index (χ0v) is 11.7. The van der Waals surface area contributed by atoms with Gasteiger partial charge >= 0.3 is 0 Å². The Morgan fingerprint density at radius 1 is 1.44 bits per heavy atom. The molecule has 0 saturated carbocycles. The van der Waals surface area contributed by atoms with Gasteiger partial charge in [0.05, 0.1) is 0 Å². The second-order valence-corrected chi connectivity index (χ2v) is 4.67. The number of rotatable bonds is 6. The van der Waals surface area contributed by atoms with E-state index in [0.717, 1.165) is 24.9 Å². The van der Waals surface area contributed by atoms with Gasteiger partial charge in [-0.05, 0) is 25.0 Å². The van der Waals surface area contributed by atoms with Crippen molar-refractivity contribution in [2.45, 2.75) is 39.2 Å². The van der Waals surface area contributed by atoms with Crippen LogP contribution in [0.1, 0.15) is 43.6 Å². The fourth-order valence-electron chi connectivity index (χ4n) is 1.83. The fourth-order valence-corrected chi connectivity index (χ4v) is 1.83. The van der Waals surface area contributed by atoms with Gasteiger partial charge in [0.15, 0.2) is 0 Å². The summed E-state index contributed by atoms with van der Waals surface area (Å²) in [6.45, 7) is 4.35. The summed E-state index contributed by atoms with van der Waals surface area (Å²) in [6.07, 6.45) is 5.04. The third-order valence-corrected chi connectivity index (χ3v) is 2.89. The van der Waals surface area contributed by atoms with E-state index >= 15 is 0 Å². The van der Waals surface area contributed by atoms with E-state index in [9.17, 15) is 4.79 Å². The summed E-state index contributed by atoms with van der Waals surface area (Å²) in [7, 11) is 3.46. The molecule has 0 spiro atoms. The van der Waals surface area contributed by atoms with Crippen LogP contribution < -0.4 is 5.32 Å². The van der Waals surface area contributed by atoms with Gasteiger partial charge in [0, 0.05) is 32.0 Å². The smallest absolute Gasteiger partial charge is 0.272 e. The SMILES string of the molecule is CCCC(CC)Nc1ccnc(C(=O)N(C)C)c1. The topological polar surface area (TPSA) is 45.2 Å². The van der Waals surface area contributed by atoms with E-state index in [4.69, 9.17) is 0 Å². The van der Waals surface area contributed by atoms with Crippen LogP contribution in [0.25, 0.3) is 0 Å². The van der Waals surface area contributed by atoms with E-state index < -0.39 is 0 Å². The number of hydrogen-bond donors (Lipinski definition) is 1. The van der Waals surface area contributed by atoms with Crippen LogP contribution in [0.5, 0.6) is 0 Å². The molecule has 1 aromatic rings. The summed E-state index contributed by atoms with van der Waals surface area (Å²) < 4.78 is 0. The number of carbonyl (C=O) groups excluding carboxylic acids is 1. The van der Waals surface area contributed by atoms with Crippen LogP contribution in [-0.2, 0) is 0 Å². The van der Waals surface area contributed by atoms with Crippen LogP contribution in [0.3, 0.4) is 0 Å². The van der Waals surface area contributed by atoms with Crippen LogP contribution >= 0.6 is 0 Å². The molecule has 0 aliphatic carbocycles. The predicted octanol–water partition coefficient (Wildman–Crippen LogP) is 2.77. The van der Waals surface area contributed by atoms with Gasteiger partial charge in [0.25, 0.3) is 5.91 Å². The Morgan fingerprint density at radius 3 is 2.72 bits per heavy atom. The Balaban J connectivity index is 2.78. The highest BCUT2D eigenvalue weighted by Gasteiger charge is 2.11. The highest BCUT2D eigenvalue weighted by molar-refractivity contribution is 5.92. The van der Waals surface area contributed by atoms with Gasteiger partial charge < -0.3 is 10.2 Å². The first-order valence-electron chi connectivity index (χ1n) is 6.52. The van der Waals surface area contributed by atoms with E-state index in [2.05, 4.69) is 24.1 Å². The maximum atomic E-state index is 11.8. The van der Waals surface area contributed by atoms with Crippen molar-refractivity contribution in [2.75, 3.05) is 19.4 Å². The maximum absolute atomic E-state index is 11.8. The average Bonchev–Trinajstić information content (AvgIpc) is 2.37. The predicted molar refractivity (Wildman–Crippen MR) is 74.9 cm³/mol. The van der Waals surface area contributed by atoms with Gasteiger partial charge in [-0.3, -0.25) is 9.78 Å². The monoisotopic (exact) mass is 249 g/mol. The Hall–Kier alpha value is -1.58. The van der Waals surface area contributed by atoms with Crippen molar-refractivity contribution in [1.29, 1.82) is 0 Å². The van der Waals surface area contributed by atoms with Gasteiger partial charge in [-0.1, -0.05) is 20.3 Å². The third kappa shape index (κ3) is 4.02. The summed E-state index contributed by atoms with van der Waals surface area (Å²) in [6, 6.07) is 4.19. The lowest BCUT2D eigenvalue weighted by Gasteiger charge is -2.18. The second kappa shape index (κ2) is 6.99. The van der Waals surface area contributed by atoms with Crippen molar-refractivity contribution in [1.82, 2.24) is 9.88 Å². The van der Waals surface area contributed by atoms with Crippen molar-refractivity contribution < 1.29 is 4.79 Å². The van der Waals surface area contributed by atoms with E-state index in [0.29, 0.717) is 11.7 Å². The third-order valence-electron chi connectivity index (χ3n) is 2.89. The van der Waals surface area contributed by atoms with Crippen molar-refractivity contribution in [3.63, 3.8) is 0 Å². The molecule has 1 rings (SSSR count). The molecular weight excluding hydrogens is 226 g/mol. The van der Waals surface area contributed by atoms with Crippen LogP contribution in [0.4, 0.5) is 5.69 Å². The Bertz CT molecular complexity index is 390. The quantitative estimate of drug-likeness (QED) is 0.843. The second-order valence-electron chi connectivity index (χ2n) is 4.67. The zero-order valence-electron chi connectivity index (χ0n) is 11.7. The summed E-state index contributed by atoms with van der Waals surface area (Å²) >= 11 is 0. The molecule has 4 nitrogen and oxygen atoms in total. The fraction of sp³-hybridized carbons (Fsp3) is 0.571. The molecule has 0 saturated heterocycles. The first-order valence-corrected chi connectivity index (χ1v) is 6.52. The summed E-state index contributed by atoms with van der Waals surface area (Å²) in [4.78, 5) is 17.5. The lowest BCUT2D eigenvalue weighted by molar-refractivity contribution is 0.0822. The first-order chi connectivity index (χ1) is 8.58. The highest BCUT2D eigenvalue weighted by Crippen LogP contribution is 2.14. The van der Waals surface area contributed by atoms with E-state index in [1.54, 1.807) is 20.3 Å². The summed E-state index contributed by atoms with van der Waals surface area (Å²) in [5.41, 5.74) is 1.45. The lowest BCUT2D eigenvalue weighted by Crippen LogP contribution is -2.23. The summed E-state index contributed by atoms with van der Waals surface area (Å²) in [5, 5.41) is 3.45. The maximum Gasteiger partial charge on any atom is 0.272 e. The summed E-state index contributed by atoms with van der Waals surface area (Å²) in [5.74, 6) is -0.0674. The number of aromatic nitrogens is 1. The molecule has 18 heavy (non-hydrogen) atoms. The Labute approximate surface area is 109 Å². The van der Waals surface area contributed by atoms with Crippen molar-refractivity contribution in [3.05, 3.63) is 24.0 Å². The molecular formula is C14H23N3O. The van der Waals surface area contributed by atoms with E-state index in [-0.39, 0.29) is 5.91 Å². The largest absolute Gasteiger partial charge is 0.382 e. The van der Waals surface area contributed by atoms with Crippen LogP contribution in [0, 0.1) is 0 Å². The molecule has 1 N–H and O–H groups in total. The molecule has 4 heteroatoms. The number of anilines is 1. The minimum Gasteiger partial charge on any atom is -0.382 e. The molecule has 0 fully saturated rings. The van der Waals surface area contributed by atoms with Crippen LogP contribution in [-0.4, -0.2) is 35.9 Å². The number of nitrogens with one attached hydrogen (secondary N) is 1. The standard InChI is InChI=1S/C14H23N3O/c1-5-7-11(6-2)16-12-8-9-15-13(10-12)14(18)17(3)4/h8-11H,5-7H2,1-4H3,(H,15,16). The van der Waals surface area contributed by atoms with Gasteiger partial charge in [-0.25, -0.2) is 0 Å². The van der Waals surface area contributed by atoms with Gasteiger partial charge in [-0.2, -0.15) is 0 Å².